The number of carboxylic acid groups (broad SMARTS) is 1. The molecule has 0 aliphatic heterocycles. The van der Waals surface area contributed by atoms with E-state index in [9.17, 15) is 9.59 Å². The van der Waals surface area contributed by atoms with E-state index in [0.29, 0.717) is 11.4 Å². The van der Waals surface area contributed by atoms with E-state index in [1.165, 1.54) is 29.8 Å². The van der Waals surface area contributed by atoms with Crippen LogP contribution in [-0.4, -0.2) is 22.2 Å². The number of hydrogen-bond acceptors (Lipinski definition) is 5. The Morgan fingerprint density at radius 2 is 2.09 bits per heavy atom. The minimum atomic E-state index is -1.09. The van der Waals surface area contributed by atoms with Gasteiger partial charge >= 0.3 is 5.97 Å². The van der Waals surface area contributed by atoms with Crippen molar-refractivity contribution in [3.63, 3.8) is 0 Å². The van der Waals surface area contributed by atoms with Crippen molar-refractivity contribution in [2.24, 2.45) is 10.2 Å². The van der Waals surface area contributed by atoms with E-state index in [1.54, 1.807) is 25.1 Å². The number of azo groups is 1. The summed E-state index contributed by atoms with van der Waals surface area (Å²) in [7, 11) is 0. The first kappa shape index (κ1) is 17.0. The highest BCUT2D eigenvalue weighted by molar-refractivity contribution is 5.94. The molecule has 1 amide bonds. The highest BCUT2D eigenvalue weighted by Gasteiger charge is 2.03. The van der Waals surface area contributed by atoms with Gasteiger partial charge in [-0.05, 0) is 37.3 Å². The largest absolute Gasteiger partial charge is 0.478 e. The van der Waals surface area contributed by atoms with Gasteiger partial charge in [0.05, 0.1) is 17.0 Å². The zero-order chi connectivity index (χ0) is 16.5. The second-order valence-corrected chi connectivity index (χ2v) is 4.19. The Kier molecular flexibility index (Phi) is 6.39. The van der Waals surface area contributed by atoms with E-state index < -0.39 is 11.9 Å². The number of carbonyl (C=O) groups is 2. The fourth-order valence-electron chi connectivity index (χ4n) is 1.32. The summed E-state index contributed by atoms with van der Waals surface area (Å²) in [6, 6.07) is 6.24. The zero-order valence-electron chi connectivity index (χ0n) is 11.9. The van der Waals surface area contributed by atoms with Gasteiger partial charge in [-0.1, -0.05) is 18.7 Å². The molecule has 1 aromatic rings. The zero-order valence-corrected chi connectivity index (χ0v) is 11.9. The molecule has 0 spiro atoms. The predicted octanol–water partition coefficient (Wildman–Crippen LogP) is 2.99. The van der Waals surface area contributed by atoms with Crippen LogP contribution in [-0.2, 0) is 4.79 Å². The molecule has 0 saturated carbocycles. The SMILES string of the molecule is C=C(\C=C/C=C(C)/N=N/c1cccc(C(=O)NO)c1)C(=O)O. The number of nitrogens with zero attached hydrogens (tertiary/aromatic N) is 2. The van der Waals surface area contributed by atoms with E-state index in [0.717, 1.165) is 0 Å². The summed E-state index contributed by atoms with van der Waals surface area (Å²) in [4.78, 5) is 21.8. The molecule has 1 aromatic carbocycles. The van der Waals surface area contributed by atoms with E-state index in [1.807, 2.05) is 0 Å². The lowest BCUT2D eigenvalue weighted by Crippen LogP contribution is -2.18. The van der Waals surface area contributed by atoms with E-state index in [2.05, 4.69) is 16.8 Å². The van der Waals surface area contributed by atoms with Crippen LogP contribution in [0.3, 0.4) is 0 Å². The van der Waals surface area contributed by atoms with Gasteiger partial charge in [0.1, 0.15) is 0 Å². The van der Waals surface area contributed by atoms with Crippen molar-refractivity contribution >= 4 is 17.6 Å². The molecule has 7 nitrogen and oxygen atoms in total. The van der Waals surface area contributed by atoms with Crippen LogP contribution in [0.1, 0.15) is 17.3 Å². The molecular weight excluding hydrogens is 286 g/mol. The summed E-state index contributed by atoms with van der Waals surface area (Å²) in [5.41, 5.74) is 2.71. The maximum Gasteiger partial charge on any atom is 0.335 e. The molecule has 0 aromatic heterocycles. The summed E-state index contributed by atoms with van der Waals surface area (Å²) in [5, 5.41) is 25.1. The number of carboxylic acids is 1. The molecule has 0 fully saturated rings. The quantitative estimate of drug-likeness (QED) is 0.246. The van der Waals surface area contributed by atoms with Gasteiger partial charge in [0.15, 0.2) is 0 Å². The van der Waals surface area contributed by atoms with Crippen LogP contribution >= 0.6 is 0 Å². The molecule has 0 bridgehead atoms. The number of nitrogens with one attached hydrogen (secondary N) is 1. The second-order valence-electron chi connectivity index (χ2n) is 4.19. The number of benzene rings is 1. The lowest BCUT2D eigenvalue weighted by atomic mass is 10.2. The lowest BCUT2D eigenvalue weighted by molar-refractivity contribution is -0.132. The third-order valence-corrected chi connectivity index (χ3v) is 2.44. The fraction of sp³-hybridized carbons (Fsp3) is 0.0667. The first-order valence-electron chi connectivity index (χ1n) is 6.17. The molecule has 0 heterocycles. The van der Waals surface area contributed by atoms with Gasteiger partial charge < -0.3 is 5.11 Å². The Balaban J connectivity index is 2.77. The van der Waals surface area contributed by atoms with E-state index in [4.69, 9.17) is 10.3 Å². The fourth-order valence-corrected chi connectivity index (χ4v) is 1.32. The number of amides is 1. The van der Waals surface area contributed by atoms with E-state index >= 15 is 0 Å². The summed E-state index contributed by atoms with van der Waals surface area (Å²) in [6.45, 7) is 5.03. The smallest absolute Gasteiger partial charge is 0.335 e. The van der Waals surface area contributed by atoms with Crippen LogP contribution < -0.4 is 5.48 Å². The van der Waals surface area contributed by atoms with Crippen molar-refractivity contribution in [2.45, 2.75) is 6.92 Å². The van der Waals surface area contributed by atoms with Gasteiger partial charge in [-0.2, -0.15) is 10.2 Å². The molecule has 7 heteroatoms. The number of carbonyl (C=O) groups excluding carboxylic acids is 1. The second kappa shape index (κ2) is 8.28. The summed E-state index contributed by atoms with van der Waals surface area (Å²) in [6.07, 6.45) is 4.41. The van der Waals surface area contributed by atoms with Crippen LogP contribution in [0.15, 0.2) is 70.6 Å². The maximum absolute atomic E-state index is 11.3. The van der Waals surface area contributed by atoms with Gasteiger partial charge in [-0.3, -0.25) is 10.0 Å². The van der Waals surface area contributed by atoms with Crippen LogP contribution in [0.2, 0.25) is 0 Å². The third kappa shape index (κ3) is 5.51. The molecule has 0 atom stereocenters. The van der Waals surface area contributed by atoms with Crippen LogP contribution in [0.4, 0.5) is 5.69 Å². The summed E-state index contributed by atoms with van der Waals surface area (Å²) in [5.74, 6) is -1.73. The molecule has 114 valence electrons. The van der Waals surface area contributed by atoms with Crippen LogP contribution in [0.25, 0.3) is 0 Å². The van der Waals surface area contributed by atoms with Crippen molar-refractivity contribution < 1.29 is 19.9 Å². The number of allylic oxidation sites excluding steroid dienone is 3. The number of hydroxylamine groups is 1. The molecule has 0 unspecified atom stereocenters. The summed E-state index contributed by atoms with van der Waals surface area (Å²) >= 11 is 0. The molecule has 0 aliphatic carbocycles. The average molecular weight is 301 g/mol. The van der Waals surface area contributed by atoms with Crippen molar-refractivity contribution in [3.05, 3.63) is 65.9 Å². The first-order chi connectivity index (χ1) is 10.4. The maximum atomic E-state index is 11.3. The molecule has 1 rings (SSSR count). The molecule has 0 radical (unpaired) electrons. The van der Waals surface area contributed by atoms with Crippen molar-refractivity contribution in [1.82, 2.24) is 5.48 Å². The Bertz CT molecular complexity index is 675. The standard InChI is InChI=1S/C15H15N3O4/c1-10(15(20)21)5-3-6-11(2)16-17-13-8-4-7-12(9-13)14(19)18-22/h3-9,22H,1H2,2H3,(H,18,19)(H,20,21)/b5-3-,11-6+,17-16+. The summed E-state index contributed by atoms with van der Waals surface area (Å²) < 4.78 is 0. The van der Waals surface area contributed by atoms with Crippen molar-refractivity contribution in [2.75, 3.05) is 0 Å². The molecule has 22 heavy (non-hydrogen) atoms. The minimum Gasteiger partial charge on any atom is -0.478 e. The number of aliphatic carboxylic acids is 1. The lowest BCUT2D eigenvalue weighted by Gasteiger charge is -1.99. The highest BCUT2D eigenvalue weighted by atomic mass is 16.5. The van der Waals surface area contributed by atoms with Crippen molar-refractivity contribution in [3.8, 4) is 0 Å². The molecule has 0 saturated heterocycles. The Labute approximate surface area is 127 Å². The Morgan fingerprint density at radius 3 is 2.73 bits per heavy atom. The van der Waals surface area contributed by atoms with Gasteiger partial charge in [0.2, 0.25) is 0 Å². The Morgan fingerprint density at radius 1 is 1.36 bits per heavy atom. The first-order valence-corrected chi connectivity index (χ1v) is 6.17. The van der Waals surface area contributed by atoms with Crippen LogP contribution in [0.5, 0.6) is 0 Å². The molecule has 0 aliphatic rings. The van der Waals surface area contributed by atoms with Gasteiger partial charge in [-0.25, -0.2) is 10.3 Å². The predicted molar refractivity (Wildman–Crippen MR) is 79.9 cm³/mol. The molecular formula is C15H15N3O4. The average Bonchev–Trinajstić information content (AvgIpc) is 2.52. The van der Waals surface area contributed by atoms with Gasteiger partial charge in [0, 0.05) is 5.56 Å². The number of rotatable bonds is 6. The van der Waals surface area contributed by atoms with Crippen molar-refractivity contribution in [1.29, 1.82) is 0 Å². The van der Waals surface area contributed by atoms with Gasteiger partial charge in [-0.15, -0.1) is 0 Å². The van der Waals surface area contributed by atoms with Gasteiger partial charge in [0.25, 0.3) is 5.91 Å². The minimum absolute atomic E-state index is 0.0382. The Hall–Kier alpha value is -3.06. The molecule has 3 N–H and O–H groups in total. The van der Waals surface area contributed by atoms with E-state index in [-0.39, 0.29) is 11.1 Å². The monoisotopic (exact) mass is 301 g/mol. The highest BCUT2D eigenvalue weighted by Crippen LogP contribution is 2.15. The van der Waals surface area contributed by atoms with Crippen LogP contribution in [0, 0.1) is 0 Å². The third-order valence-electron chi connectivity index (χ3n) is 2.44. The normalized spacial score (nSPS) is 11.8. The number of hydrogen-bond donors (Lipinski definition) is 3. The topological polar surface area (TPSA) is 111 Å².